The van der Waals surface area contributed by atoms with Crippen LogP contribution in [0, 0.1) is 13.8 Å². The molecular formula is C19H22N2O3S. The van der Waals surface area contributed by atoms with Gasteiger partial charge in [0.1, 0.15) is 6.04 Å². The first-order valence-electron chi connectivity index (χ1n) is 8.28. The maximum Gasteiger partial charge on any atom is 0.245 e. The molecule has 1 amide bonds. The van der Waals surface area contributed by atoms with E-state index in [-0.39, 0.29) is 17.3 Å². The van der Waals surface area contributed by atoms with E-state index < -0.39 is 16.1 Å². The molecule has 0 bridgehead atoms. The van der Waals surface area contributed by atoms with Crippen molar-refractivity contribution >= 4 is 21.6 Å². The number of hydrogen-bond donors (Lipinski definition) is 0. The summed E-state index contributed by atoms with van der Waals surface area (Å²) in [4.78, 5) is 14.8. The van der Waals surface area contributed by atoms with Gasteiger partial charge < -0.3 is 4.90 Å². The Kier molecular flexibility index (Phi) is 4.67. The van der Waals surface area contributed by atoms with Crippen molar-refractivity contribution in [2.75, 3.05) is 18.0 Å². The third kappa shape index (κ3) is 3.07. The monoisotopic (exact) mass is 358 g/mol. The van der Waals surface area contributed by atoms with Crippen LogP contribution >= 0.6 is 0 Å². The molecule has 0 N–H and O–H groups in total. The molecule has 5 nitrogen and oxygen atoms in total. The van der Waals surface area contributed by atoms with Gasteiger partial charge in [0.2, 0.25) is 15.9 Å². The van der Waals surface area contributed by atoms with Crippen molar-refractivity contribution < 1.29 is 13.2 Å². The minimum atomic E-state index is -3.68. The van der Waals surface area contributed by atoms with Gasteiger partial charge in [-0.15, -0.1) is 0 Å². The van der Waals surface area contributed by atoms with E-state index >= 15 is 0 Å². The van der Waals surface area contributed by atoms with E-state index in [4.69, 9.17) is 0 Å². The summed E-state index contributed by atoms with van der Waals surface area (Å²) in [6.45, 7) is 6.26. The molecule has 0 spiro atoms. The minimum Gasteiger partial charge on any atom is -0.309 e. The van der Waals surface area contributed by atoms with E-state index in [2.05, 4.69) is 0 Å². The van der Waals surface area contributed by atoms with Gasteiger partial charge in [-0.1, -0.05) is 30.3 Å². The van der Waals surface area contributed by atoms with E-state index in [1.165, 1.54) is 4.31 Å². The topological polar surface area (TPSA) is 57.7 Å². The van der Waals surface area contributed by atoms with Crippen LogP contribution < -0.4 is 4.90 Å². The lowest BCUT2D eigenvalue weighted by molar-refractivity contribution is -0.123. The number of hydrogen-bond acceptors (Lipinski definition) is 3. The number of carbonyl (C=O) groups is 1. The zero-order valence-electron chi connectivity index (χ0n) is 14.6. The molecule has 0 saturated carbocycles. The highest BCUT2D eigenvalue weighted by atomic mass is 32.2. The Bertz CT molecular complexity index is 894. The van der Waals surface area contributed by atoms with Gasteiger partial charge in [-0.05, 0) is 50.1 Å². The molecule has 1 aliphatic rings. The number of anilines is 1. The predicted molar refractivity (Wildman–Crippen MR) is 98.1 cm³/mol. The van der Waals surface area contributed by atoms with Crippen molar-refractivity contribution in [3.63, 3.8) is 0 Å². The number of benzene rings is 2. The summed E-state index contributed by atoms with van der Waals surface area (Å²) in [6.07, 6.45) is 0. The molecule has 1 aliphatic heterocycles. The molecule has 1 fully saturated rings. The molecule has 6 heteroatoms. The second kappa shape index (κ2) is 6.61. The third-order valence-electron chi connectivity index (χ3n) is 4.82. The van der Waals surface area contributed by atoms with Crippen LogP contribution in [0.5, 0.6) is 0 Å². The van der Waals surface area contributed by atoms with Gasteiger partial charge in [0.15, 0.2) is 0 Å². The second-order valence-electron chi connectivity index (χ2n) is 6.31. The van der Waals surface area contributed by atoms with Gasteiger partial charge in [0, 0.05) is 18.8 Å². The molecule has 0 aromatic heterocycles. The zero-order valence-corrected chi connectivity index (χ0v) is 15.5. The Morgan fingerprint density at radius 1 is 0.960 bits per heavy atom. The SMILES string of the molecule is Cc1cccc(N2CCN(S(=O)(=O)c3ccccc3)[C@H](C)C2=O)c1C. The van der Waals surface area contributed by atoms with Crippen LogP contribution in [0.3, 0.4) is 0 Å². The van der Waals surface area contributed by atoms with E-state index in [0.717, 1.165) is 16.8 Å². The molecule has 2 aromatic carbocycles. The van der Waals surface area contributed by atoms with Crippen molar-refractivity contribution in [2.45, 2.75) is 31.7 Å². The summed E-state index contributed by atoms with van der Waals surface area (Å²) in [5.41, 5.74) is 3.01. The molecule has 132 valence electrons. The summed E-state index contributed by atoms with van der Waals surface area (Å²) in [5.74, 6) is -0.195. The Morgan fingerprint density at radius 2 is 1.64 bits per heavy atom. The van der Waals surface area contributed by atoms with Crippen molar-refractivity contribution in [3.05, 3.63) is 59.7 Å². The van der Waals surface area contributed by atoms with Gasteiger partial charge >= 0.3 is 0 Å². The Balaban J connectivity index is 1.91. The number of rotatable bonds is 3. The smallest absolute Gasteiger partial charge is 0.245 e. The van der Waals surface area contributed by atoms with Gasteiger partial charge in [-0.25, -0.2) is 8.42 Å². The van der Waals surface area contributed by atoms with Gasteiger partial charge in [-0.3, -0.25) is 4.79 Å². The van der Waals surface area contributed by atoms with Crippen LogP contribution in [-0.4, -0.2) is 37.8 Å². The minimum absolute atomic E-state index is 0.195. The molecule has 3 rings (SSSR count). The molecule has 25 heavy (non-hydrogen) atoms. The van der Waals surface area contributed by atoms with Crippen LogP contribution in [0.25, 0.3) is 0 Å². The predicted octanol–water partition coefficient (Wildman–Crippen LogP) is 2.73. The lowest BCUT2D eigenvalue weighted by Crippen LogP contribution is -2.57. The zero-order chi connectivity index (χ0) is 18.2. The number of sulfonamides is 1. The van der Waals surface area contributed by atoms with Crippen LogP contribution in [-0.2, 0) is 14.8 Å². The molecule has 0 unspecified atom stereocenters. The van der Waals surface area contributed by atoms with Crippen molar-refractivity contribution in [2.24, 2.45) is 0 Å². The summed E-state index contributed by atoms with van der Waals surface area (Å²) in [5, 5.41) is 0. The van der Waals surface area contributed by atoms with Crippen LogP contribution in [0.4, 0.5) is 5.69 Å². The molecule has 0 radical (unpaired) electrons. The summed E-state index contributed by atoms with van der Waals surface area (Å²) < 4.78 is 27.0. The first kappa shape index (κ1) is 17.6. The average molecular weight is 358 g/mol. The molecule has 1 saturated heterocycles. The van der Waals surface area contributed by atoms with Gasteiger partial charge in [-0.2, -0.15) is 4.31 Å². The number of aryl methyl sites for hydroxylation is 1. The van der Waals surface area contributed by atoms with E-state index in [9.17, 15) is 13.2 Å². The number of nitrogens with zero attached hydrogens (tertiary/aromatic N) is 2. The maximum absolute atomic E-state index is 12.9. The van der Waals surface area contributed by atoms with E-state index in [1.54, 1.807) is 42.2 Å². The highest BCUT2D eigenvalue weighted by molar-refractivity contribution is 7.89. The van der Waals surface area contributed by atoms with E-state index in [0.29, 0.717) is 6.54 Å². The molecule has 0 aliphatic carbocycles. The lowest BCUT2D eigenvalue weighted by atomic mass is 10.1. The van der Waals surface area contributed by atoms with Gasteiger partial charge in [0.05, 0.1) is 4.90 Å². The van der Waals surface area contributed by atoms with Crippen LogP contribution in [0.15, 0.2) is 53.4 Å². The first-order chi connectivity index (χ1) is 11.8. The molecule has 1 atom stereocenters. The number of piperazine rings is 1. The van der Waals surface area contributed by atoms with Crippen molar-refractivity contribution in [3.8, 4) is 0 Å². The standard InChI is InChI=1S/C19H22N2O3S/c1-14-8-7-11-18(15(14)2)20-12-13-21(16(3)19(20)22)25(23,24)17-9-5-4-6-10-17/h4-11,16H,12-13H2,1-3H3/t16-/m1/s1. The highest BCUT2D eigenvalue weighted by Gasteiger charge is 2.39. The van der Waals surface area contributed by atoms with Crippen molar-refractivity contribution in [1.29, 1.82) is 0 Å². The van der Waals surface area contributed by atoms with E-state index in [1.807, 2.05) is 32.0 Å². The quantitative estimate of drug-likeness (QED) is 0.848. The summed E-state index contributed by atoms with van der Waals surface area (Å²) in [7, 11) is -3.68. The van der Waals surface area contributed by atoms with Crippen LogP contribution in [0.1, 0.15) is 18.1 Å². The van der Waals surface area contributed by atoms with Gasteiger partial charge in [0.25, 0.3) is 0 Å². The third-order valence-corrected chi connectivity index (χ3v) is 6.80. The van der Waals surface area contributed by atoms with Crippen molar-refractivity contribution in [1.82, 2.24) is 4.31 Å². The fourth-order valence-electron chi connectivity index (χ4n) is 3.17. The molecule has 1 heterocycles. The maximum atomic E-state index is 12.9. The second-order valence-corrected chi connectivity index (χ2v) is 8.20. The fraction of sp³-hybridized carbons (Fsp3) is 0.316. The summed E-state index contributed by atoms with van der Waals surface area (Å²) >= 11 is 0. The Hall–Kier alpha value is -2.18. The fourth-order valence-corrected chi connectivity index (χ4v) is 4.77. The Labute approximate surface area is 148 Å². The lowest BCUT2D eigenvalue weighted by Gasteiger charge is -2.38. The molecule has 2 aromatic rings. The summed E-state index contributed by atoms with van der Waals surface area (Å²) in [6, 6.07) is 13.4. The number of amides is 1. The van der Waals surface area contributed by atoms with Crippen LogP contribution in [0.2, 0.25) is 0 Å². The average Bonchev–Trinajstić information content (AvgIpc) is 2.60. The number of carbonyl (C=O) groups excluding carboxylic acids is 1. The first-order valence-corrected chi connectivity index (χ1v) is 9.72. The highest BCUT2D eigenvalue weighted by Crippen LogP contribution is 2.28. The normalized spacial score (nSPS) is 19.2. The Morgan fingerprint density at radius 3 is 2.32 bits per heavy atom. The largest absolute Gasteiger partial charge is 0.309 e. The molecular weight excluding hydrogens is 336 g/mol.